The highest BCUT2D eigenvalue weighted by Gasteiger charge is 2.09. The molecule has 0 aliphatic carbocycles. The summed E-state index contributed by atoms with van der Waals surface area (Å²) >= 11 is 0. The van der Waals surface area contributed by atoms with E-state index in [1.807, 2.05) is 6.92 Å². The van der Waals surface area contributed by atoms with E-state index in [0.717, 1.165) is 5.56 Å². The van der Waals surface area contributed by atoms with Gasteiger partial charge >= 0.3 is 5.97 Å². The first-order valence-electron chi connectivity index (χ1n) is 5.50. The Balaban J connectivity index is 2.42. The van der Waals surface area contributed by atoms with Crippen molar-refractivity contribution in [3.05, 3.63) is 53.6 Å². The molecule has 0 saturated carbocycles. The number of hydrogen-bond donors (Lipinski definition) is 1. The Hall–Kier alpha value is -2.23. The lowest BCUT2D eigenvalue weighted by Crippen LogP contribution is -2.03. The third-order valence-corrected chi connectivity index (χ3v) is 2.66. The van der Waals surface area contributed by atoms with Gasteiger partial charge in [0.15, 0.2) is 0 Å². The zero-order valence-electron chi connectivity index (χ0n) is 9.85. The van der Waals surface area contributed by atoms with E-state index in [1.54, 1.807) is 24.3 Å². The largest absolute Gasteiger partial charge is 0.481 e. The van der Waals surface area contributed by atoms with Gasteiger partial charge in [-0.2, -0.15) is 0 Å². The highest BCUT2D eigenvalue weighted by Crippen LogP contribution is 2.25. The van der Waals surface area contributed by atoms with Crippen LogP contribution in [0.25, 0.3) is 11.1 Å². The van der Waals surface area contributed by atoms with Crippen LogP contribution in [0.1, 0.15) is 11.3 Å². The van der Waals surface area contributed by atoms with Crippen molar-refractivity contribution in [1.29, 1.82) is 0 Å². The van der Waals surface area contributed by atoms with Crippen LogP contribution in [0.2, 0.25) is 0 Å². The Bertz CT molecular complexity index is 596. The third kappa shape index (κ3) is 2.53. The summed E-state index contributed by atoms with van der Waals surface area (Å²) < 4.78 is 13.6. The van der Waals surface area contributed by atoms with Crippen molar-refractivity contribution >= 4 is 5.97 Å². The standard InChI is InChI=1S/C14H12FNO2/c1-9-6-10(7-14(17)18)16-8-12(9)11-4-2-3-5-13(11)15/h2-6,8H,7H2,1H3,(H,17,18). The molecule has 1 aromatic heterocycles. The van der Waals surface area contributed by atoms with Gasteiger partial charge in [0.05, 0.1) is 12.1 Å². The van der Waals surface area contributed by atoms with Crippen molar-refractivity contribution < 1.29 is 14.3 Å². The molecule has 0 aliphatic heterocycles. The molecule has 18 heavy (non-hydrogen) atoms. The average Bonchev–Trinajstić information content (AvgIpc) is 2.30. The lowest BCUT2D eigenvalue weighted by molar-refractivity contribution is -0.136. The summed E-state index contributed by atoms with van der Waals surface area (Å²) in [4.78, 5) is 14.6. The number of carboxylic acid groups (broad SMARTS) is 1. The van der Waals surface area contributed by atoms with Gasteiger partial charge < -0.3 is 5.11 Å². The molecule has 2 rings (SSSR count). The number of halogens is 1. The molecular weight excluding hydrogens is 233 g/mol. The second-order valence-corrected chi connectivity index (χ2v) is 4.04. The fraction of sp³-hybridized carbons (Fsp3) is 0.143. The molecule has 1 aromatic carbocycles. The van der Waals surface area contributed by atoms with Crippen LogP contribution >= 0.6 is 0 Å². The van der Waals surface area contributed by atoms with E-state index in [1.165, 1.54) is 12.3 Å². The quantitative estimate of drug-likeness (QED) is 0.904. The highest BCUT2D eigenvalue weighted by atomic mass is 19.1. The van der Waals surface area contributed by atoms with E-state index in [9.17, 15) is 9.18 Å². The zero-order chi connectivity index (χ0) is 13.1. The summed E-state index contributed by atoms with van der Waals surface area (Å²) in [5.74, 6) is -1.24. The van der Waals surface area contributed by atoms with E-state index < -0.39 is 5.97 Å². The average molecular weight is 245 g/mol. The van der Waals surface area contributed by atoms with Crippen molar-refractivity contribution in [2.24, 2.45) is 0 Å². The van der Waals surface area contributed by atoms with Gasteiger partial charge in [0.1, 0.15) is 5.82 Å². The number of aryl methyl sites for hydroxylation is 1. The summed E-state index contributed by atoms with van der Waals surface area (Å²) in [6.45, 7) is 1.81. The van der Waals surface area contributed by atoms with Gasteiger partial charge in [0.2, 0.25) is 0 Å². The molecule has 0 unspecified atom stereocenters. The number of rotatable bonds is 3. The predicted octanol–water partition coefficient (Wildman–Crippen LogP) is 2.82. The van der Waals surface area contributed by atoms with Crippen molar-refractivity contribution in [1.82, 2.24) is 4.98 Å². The van der Waals surface area contributed by atoms with Gasteiger partial charge in [-0.05, 0) is 24.6 Å². The maximum Gasteiger partial charge on any atom is 0.309 e. The van der Waals surface area contributed by atoms with Gasteiger partial charge in [-0.25, -0.2) is 4.39 Å². The summed E-state index contributed by atoms with van der Waals surface area (Å²) in [6, 6.07) is 8.12. The van der Waals surface area contributed by atoms with Crippen LogP contribution in [0.4, 0.5) is 4.39 Å². The molecule has 0 saturated heterocycles. The fourth-order valence-corrected chi connectivity index (χ4v) is 1.83. The molecule has 0 bridgehead atoms. The monoisotopic (exact) mass is 245 g/mol. The molecule has 0 spiro atoms. The molecule has 4 heteroatoms. The van der Waals surface area contributed by atoms with E-state index >= 15 is 0 Å². The lowest BCUT2D eigenvalue weighted by Gasteiger charge is -2.08. The molecule has 92 valence electrons. The molecule has 0 amide bonds. The zero-order valence-corrected chi connectivity index (χ0v) is 9.85. The fourth-order valence-electron chi connectivity index (χ4n) is 1.83. The minimum atomic E-state index is -0.930. The summed E-state index contributed by atoms with van der Waals surface area (Å²) in [5, 5.41) is 8.69. The number of hydrogen-bond acceptors (Lipinski definition) is 2. The van der Waals surface area contributed by atoms with Crippen molar-refractivity contribution in [2.45, 2.75) is 13.3 Å². The number of pyridine rings is 1. The van der Waals surface area contributed by atoms with Gasteiger partial charge in [-0.15, -0.1) is 0 Å². The second-order valence-electron chi connectivity index (χ2n) is 4.04. The number of nitrogens with zero attached hydrogens (tertiary/aromatic N) is 1. The number of aromatic nitrogens is 1. The lowest BCUT2D eigenvalue weighted by atomic mass is 10.0. The van der Waals surface area contributed by atoms with E-state index in [-0.39, 0.29) is 12.2 Å². The Morgan fingerprint density at radius 1 is 1.33 bits per heavy atom. The van der Waals surface area contributed by atoms with Crippen molar-refractivity contribution in [3.8, 4) is 11.1 Å². The molecule has 0 atom stereocenters. The van der Waals surface area contributed by atoms with Crippen LogP contribution < -0.4 is 0 Å². The Morgan fingerprint density at radius 2 is 2.06 bits per heavy atom. The number of aliphatic carboxylic acids is 1. The molecule has 1 N–H and O–H groups in total. The molecule has 3 nitrogen and oxygen atoms in total. The van der Waals surface area contributed by atoms with Crippen molar-refractivity contribution in [2.75, 3.05) is 0 Å². The Kier molecular flexibility index (Phi) is 3.37. The molecule has 0 fully saturated rings. The molecule has 0 aliphatic rings. The van der Waals surface area contributed by atoms with Crippen LogP contribution in [0, 0.1) is 12.7 Å². The predicted molar refractivity (Wildman–Crippen MR) is 65.7 cm³/mol. The van der Waals surface area contributed by atoms with E-state index in [2.05, 4.69) is 4.98 Å². The van der Waals surface area contributed by atoms with Crippen LogP contribution in [-0.2, 0) is 11.2 Å². The molecule has 1 heterocycles. The number of carboxylic acids is 1. The number of carbonyl (C=O) groups is 1. The topological polar surface area (TPSA) is 50.2 Å². The first-order chi connectivity index (χ1) is 8.58. The minimum absolute atomic E-state index is 0.127. The summed E-state index contributed by atoms with van der Waals surface area (Å²) in [7, 11) is 0. The minimum Gasteiger partial charge on any atom is -0.481 e. The van der Waals surface area contributed by atoms with Crippen LogP contribution in [-0.4, -0.2) is 16.1 Å². The van der Waals surface area contributed by atoms with E-state index in [4.69, 9.17) is 5.11 Å². The maximum absolute atomic E-state index is 13.6. The SMILES string of the molecule is Cc1cc(CC(=O)O)ncc1-c1ccccc1F. The smallest absolute Gasteiger partial charge is 0.309 e. The molecular formula is C14H12FNO2. The van der Waals surface area contributed by atoms with E-state index in [0.29, 0.717) is 16.8 Å². The second kappa shape index (κ2) is 4.96. The van der Waals surface area contributed by atoms with Gasteiger partial charge in [-0.1, -0.05) is 18.2 Å². The summed E-state index contributed by atoms with van der Waals surface area (Å²) in [5.41, 5.74) is 2.44. The first kappa shape index (κ1) is 12.2. The summed E-state index contributed by atoms with van der Waals surface area (Å²) in [6.07, 6.45) is 1.39. The van der Waals surface area contributed by atoms with Gasteiger partial charge in [0.25, 0.3) is 0 Å². The maximum atomic E-state index is 13.6. The van der Waals surface area contributed by atoms with Crippen LogP contribution in [0.5, 0.6) is 0 Å². The van der Waals surface area contributed by atoms with Gasteiger partial charge in [-0.3, -0.25) is 9.78 Å². The number of benzene rings is 1. The van der Waals surface area contributed by atoms with Crippen LogP contribution in [0.3, 0.4) is 0 Å². The highest BCUT2D eigenvalue weighted by molar-refractivity contribution is 5.71. The Labute approximate surface area is 104 Å². The normalized spacial score (nSPS) is 10.3. The molecule has 0 radical (unpaired) electrons. The van der Waals surface area contributed by atoms with Gasteiger partial charge in [0, 0.05) is 17.3 Å². The molecule has 2 aromatic rings. The van der Waals surface area contributed by atoms with Crippen molar-refractivity contribution in [3.63, 3.8) is 0 Å². The third-order valence-electron chi connectivity index (χ3n) is 2.66. The first-order valence-corrected chi connectivity index (χ1v) is 5.50. The Morgan fingerprint density at radius 3 is 2.67 bits per heavy atom. The van der Waals surface area contributed by atoms with Crippen LogP contribution in [0.15, 0.2) is 36.5 Å².